The van der Waals surface area contributed by atoms with E-state index >= 15 is 0 Å². The second-order valence-corrected chi connectivity index (χ2v) is 5.81. The minimum atomic E-state index is -0.379. The van der Waals surface area contributed by atoms with E-state index in [-0.39, 0.29) is 11.4 Å². The quantitative estimate of drug-likeness (QED) is 0.734. The third-order valence-corrected chi connectivity index (χ3v) is 3.86. The van der Waals surface area contributed by atoms with E-state index in [9.17, 15) is 4.79 Å². The highest BCUT2D eigenvalue weighted by atomic mass is 16.5. The number of esters is 1. The number of rotatable bonds is 6. The van der Waals surface area contributed by atoms with Gasteiger partial charge < -0.3 is 10.1 Å². The van der Waals surface area contributed by atoms with Crippen molar-refractivity contribution in [1.82, 2.24) is 10.2 Å². The van der Waals surface area contributed by atoms with Crippen LogP contribution in [0.1, 0.15) is 40.0 Å². The van der Waals surface area contributed by atoms with Gasteiger partial charge >= 0.3 is 5.97 Å². The van der Waals surface area contributed by atoms with Gasteiger partial charge in [-0.2, -0.15) is 0 Å². The lowest BCUT2D eigenvalue weighted by atomic mass is 9.89. The zero-order chi connectivity index (χ0) is 13.6. The van der Waals surface area contributed by atoms with Crippen molar-refractivity contribution in [2.75, 3.05) is 33.3 Å². The van der Waals surface area contributed by atoms with Gasteiger partial charge in [-0.05, 0) is 33.2 Å². The number of methoxy groups -OCH3 is 1. The number of carbonyl (C=O) groups is 1. The fraction of sp³-hybridized carbons (Fsp3) is 0.929. The molecule has 0 spiro atoms. The number of ether oxygens (including phenoxy) is 1. The van der Waals surface area contributed by atoms with Gasteiger partial charge in [0.2, 0.25) is 0 Å². The van der Waals surface area contributed by atoms with Gasteiger partial charge in [-0.1, -0.05) is 13.3 Å². The van der Waals surface area contributed by atoms with Crippen LogP contribution >= 0.6 is 0 Å². The van der Waals surface area contributed by atoms with Crippen molar-refractivity contribution < 1.29 is 9.53 Å². The lowest BCUT2D eigenvalue weighted by Gasteiger charge is -2.37. The van der Waals surface area contributed by atoms with Gasteiger partial charge in [0.25, 0.3) is 0 Å². The fourth-order valence-corrected chi connectivity index (χ4v) is 2.52. The number of hydrogen-bond acceptors (Lipinski definition) is 4. The Morgan fingerprint density at radius 2 is 2.22 bits per heavy atom. The van der Waals surface area contributed by atoms with E-state index in [1.165, 1.54) is 20.0 Å². The van der Waals surface area contributed by atoms with Crippen LogP contribution in [0.25, 0.3) is 0 Å². The molecule has 1 atom stereocenters. The lowest BCUT2D eigenvalue weighted by Crippen LogP contribution is -2.52. The van der Waals surface area contributed by atoms with Crippen LogP contribution < -0.4 is 5.32 Å². The van der Waals surface area contributed by atoms with E-state index in [1.54, 1.807) is 0 Å². The van der Waals surface area contributed by atoms with Gasteiger partial charge in [0.1, 0.15) is 0 Å². The van der Waals surface area contributed by atoms with Crippen molar-refractivity contribution in [2.24, 2.45) is 5.41 Å². The Hall–Kier alpha value is -0.610. The van der Waals surface area contributed by atoms with Crippen LogP contribution in [0, 0.1) is 5.41 Å². The van der Waals surface area contributed by atoms with Crippen molar-refractivity contribution in [3.05, 3.63) is 0 Å². The average Bonchev–Trinajstić information content (AvgIpc) is 2.37. The highest BCUT2D eigenvalue weighted by molar-refractivity contribution is 5.75. The molecule has 1 aliphatic rings. The van der Waals surface area contributed by atoms with Crippen LogP contribution in [0.4, 0.5) is 0 Å². The monoisotopic (exact) mass is 256 g/mol. The standard InChI is InChI=1S/C14H28N2O2/c1-5-6-12-11-15-8-10-16(12)9-7-14(2,3)13(17)18-4/h12,15H,5-11H2,1-4H3. The highest BCUT2D eigenvalue weighted by Crippen LogP contribution is 2.23. The van der Waals surface area contributed by atoms with Crippen LogP contribution in [0.2, 0.25) is 0 Å². The lowest BCUT2D eigenvalue weighted by molar-refractivity contribution is -0.151. The molecule has 0 bridgehead atoms. The normalized spacial score (nSPS) is 21.9. The zero-order valence-electron chi connectivity index (χ0n) is 12.3. The molecule has 18 heavy (non-hydrogen) atoms. The molecule has 0 amide bonds. The molecule has 0 radical (unpaired) electrons. The van der Waals surface area contributed by atoms with Gasteiger partial charge in [0, 0.05) is 25.7 Å². The van der Waals surface area contributed by atoms with Crippen molar-refractivity contribution >= 4 is 5.97 Å². The molecule has 1 heterocycles. The first kappa shape index (κ1) is 15.4. The Labute approximate surface area is 111 Å². The van der Waals surface area contributed by atoms with Crippen molar-refractivity contribution in [3.8, 4) is 0 Å². The first-order valence-corrected chi connectivity index (χ1v) is 7.04. The summed E-state index contributed by atoms with van der Waals surface area (Å²) in [7, 11) is 1.47. The molecule has 1 N–H and O–H groups in total. The van der Waals surface area contributed by atoms with E-state index < -0.39 is 0 Å². The predicted octanol–water partition coefficient (Wildman–Crippen LogP) is 1.65. The molecule has 4 nitrogen and oxygen atoms in total. The molecule has 4 heteroatoms. The molecule has 0 aromatic rings. The Morgan fingerprint density at radius 1 is 1.50 bits per heavy atom. The summed E-state index contributed by atoms with van der Waals surface area (Å²) in [6, 6.07) is 0.622. The Bertz CT molecular complexity index is 265. The van der Waals surface area contributed by atoms with E-state index in [4.69, 9.17) is 4.74 Å². The van der Waals surface area contributed by atoms with Crippen LogP contribution in [0.3, 0.4) is 0 Å². The van der Waals surface area contributed by atoms with Gasteiger partial charge in [0.15, 0.2) is 0 Å². The average molecular weight is 256 g/mol. The number of nitrogens with one attached hydrogen (secondary N) is 1. The molecule has 0 aliphatic carbocycles. The second-order valence-electron chi connectivity index (χ2n) is 5.81. The van der Waals surface area contributed by atoms with Crippen molar-refractivity contribution in [2.45, 2.75) is 46.1 Å². The van der Waals surface area contributed by atoms with Crippen molar-refractivity contribution in [3.63, 3.8) is 0 Å². The van der Waals surface area contributed by atoms with Crippen LogP contribution in [0.15, 0.2) is 0 Å². The number of nitrogens with zero attached hydrogens (tertiary/aromatic N) is 1. The van der Waals surface area contributed by atoms with E-state index in [0.717, 1.165) is 32.6 Å². The predicted molar refractivity (Wildman–Crippen MR) is 73.6 cm³/mol. The van der Waals surface area contributed by atoms with Gasteiger partial charge in [-0.25, -0.2) is 0 Å². The molecule has 1 rings (SSSR count). The van der Waals surface area contributed by atoms with Crippen LogP contribution in [0.5, 0.6) is 0 Å². The molecule has 0 aromatic heterocycles. The largest absolute Gasteiger partial charge is 0.469 e. The number of hydrogen-bond donors (Lipinski definition) is 1. The molecule has 1 fully saturated rings. The second kappa shape index (κ2) is 7.10. The minimum absolute atomic E-state index is 0.107. The van der Waals surface area contributed by atoms with E-state index in [1.807, 2.05) is 13.8 Å². The van der Waals surface area contributed by atoms with Gasteiger partial charge in [-0.15, -0.1) is 0 Å². The maximum Gasteiger partial charge on any atom is 0.311 e. The summed E-state index contributed by atoms with van der Waals surface area (Å²) in [5.74, 6) is -0.107. The summed E-state index contributed by atoms with van der Waals surface area (Å²) in [6.07, 6.45) is 3.30. The SMILES string of the molecule is CCCC1CNCCN1CCC(C)(C)C(=O)OC. The smallest absolute Gasteiger partial charge is 0.311 e. The first-order chi connectivity index (χ1) is 8.51. The fourth-order valence-electron chi connectivity index (χ4n) is 2.52. The number of carbonyl (C=O) groups excluding carboxylic acids is 1. The minimum Gasteiger partial charge on any atom is -0.469 e. The molecular weight excluding hydrogens is 228 g/mol. The molecule has 1 saturated heterocycles. The van der Waals surface area contributed by atoms with Crippen LogP contribution in [-0.2, 0) is 9.53 Å². The third-order valence-electron chi connectivity index (χ3n) is 3.86. The van der Waals surface area contributed by atoms with E-state index in [0.29, 0.717) is 6.04 Å². The molecule has 0 saturated carbocycles. The molecule has 106 valence electrons. The molecule has 1 aliphatic heterocycles. The number of piperazine rings is 1. The van der Waals surface area contributed by atoms with E-state index in [2.05, 4.69) is 17.1 Å². The summed E-state index contributed by atoms with van der Waals surface area (Å²) >= 11 is 0. The summed E-state index contributed by atoms with van der Waals surface area (Å²) in [6.45, 7) is 10.4. The highest BCUT2D eigenvalue weighted by Gasteiger charge is 2.30. The Balaban J connectivity index is 2.47. The summed E-state index contributed by atoms with van der Waals surface area (Å²) in [4.78, 5) is 14.2. The first-order valence-electron chi connectivity index (χ1n) is 7.04. The topological polar surface area (TPSA) is 41.6 Å². The maximum atomic E-state index is 11.7. The van der Waals surface area contributed by atoms with Crippen LogP contribution in [-0.4, -0.2) is 50.2 Å². The Kier molecular flexibility index (Phi) is 6.09. The summed E-state index contributed by atoms with van der Waals surface area (Å²) < 4.78 is 4.86. The van der Waals surface area contributed by atoms with Gasteiger partial charge in [-0.3, -0.25) is 9.69 Å². The Morgan fingerprint density at radius 3 is 2.83 bits per heavy atom. The summed E-state index contributed by atoms with van der Waals surface area (Å²) in [5.41, 5.74) is -0.379. The zero-order valence-corrected chi connectivity index (χ0v) is 12.3. The maximum absolute atomic E-state index is 11.7. The molecule has 1 unspecified atom stereocenters. The molecule has 0 aromatic carbocycles. The van der Waals surface area contributed by atoms with Crippen molar-refractivity contribution in [1.29, 1.82) is 0 Å². The summed E-state index contributed by atoms with van der Waals surface area (Å²) in [5, 5.41) is 3.45. The molecular formula is C14H28N2O2. The van der Waals surface area contributed by atoms with Gasteiger partial charge in [0.05, 0.1) is 12.5 Å². The third kappa shape index (κ3) is 4.25.